The average Bonchev–Trinajstić information content (AvgIpc) is 3.21. The van der Waals surface area contributed by atoms with Crippen LogP contribution in [0.3, 0.4) is 0 Å². The highest BCUT2D eigenvalue weighted by molar-refractivity contribution is 8.04. The maximum Gasteiger partial charge on any atom is 0.262 e. The summed E-state index contributed by atoms with van der Waals surface area (Å²) in [5.41, 5.74) is 2.00. The minimum absolute atomic E-state index is 0.114. The minimum atomic E-state index is -0.200. The third-order valence-corrected chi connectivity index (χ3v) is 6.97. The summed E-state index contributed by atoms with van der Waals surface area (Å²) in [6, 6.07) is 13.2. The number of likely N-dealkylation sites (tertiary alicyclic amines) is 1. The molecule has 30 heavy (non-hydrogen) atoms. The van der Waals surface area contributed by atoms with E-state index in [9.17, 15) is 9.59 Å². The van der Waals surface area contributed by atoms with Gasteiger partial charge in [-0.1, -0.05) is 48.5 Å². The predicted octanol–water partition coefficient (Wildman–Crippen LogP) is 4.64. The van der Waals surface area contributed by atoms with Crippen LogP contribution in [0.1, 0.15) is 35.7 Å². The van der Waals surface area contributed by atoms with E-state index in [2.05, 4.69) is 22.5 Å². The molecule has 0 aliphatic carbocycles. The number of thioether (sulfide) groups is 1. The molecule has 0 radical (unpaired) electrons. The first kappa shape index (κ1) is 21.0. The normalized spacial score (nSPS) is 20.1. The van der Waals surface area contributed by atoms with E-state index in [4.69, 9.17) is 11.6 Å². The molecule has 2 aromatic rings. The summed E-state index contributed by atoms with van der Waals surface area (Å²) in [5, 5.41) is 6.54. The SMILES string of the molecule is CCN1CCCC1CNC(=O)c1ccc2c(c1)NC(=O)C(=Cc1ccccc1Cl)S2. The van der Waals surface area contributed by atoms with Crippen LogP contribution in [0.2, 0.25) is 5.02 Å². The highest BCUT2D eigenvalue weighted by atomic mass is 35.5. The topological polar surface area (TPSA) is 61.4 Å². The van der Waals surface area contributed by atoms with Gasteiger partial charge in [0, 0.05) is 28.1 Å². The fourth-order valence-electron chi connectivity index (χ4n) is 3.89. The molecule has 2 amide bonds. The van der Waals surface area contributed by atoms with E-state index in [0.717, 1.165) is 30.0 Å². The van der Waals surface area contributed by atoms with Crippen molar-refractivity contribution in [3.8, 4) is 0 Å². The van der Waals surface area contributed by atoms with E-state index in [0.29, 0.717) is 33.8 Å². The largest absolute Gasteiger partial charge is 0.350 e. The van der Waals surface area contributed by atoms with Crippen molar-refractivity contribution in [2.75, 3.05) is 25.0 Å². The molecule has 2 aliphatic rings. The summed E-state index contributed by atoms with van der Waals surface area (Å²) in [6.07, 6.45) is 4.08. The molecule has 2 aliphatic heterocycles. The molecular weight excluding hydrogens is 418 g/mol. The number of carbonyl (C=O) groups is 2. The van der Waals surface area contributed by atoms with E-state index < -0.39 is 0 Å². The van der Waals surface area contributed by atoms with Crippen molar-refractivity contribution in [3.63, 3.8) is 0 Å². The molecule has 0 spiro atoms. The summed E-state index contributed by atoms with van der Waals surface area (Å²) in [7, 11) is 0. The molecule has 0 saturated carbocycles. The standard InChI is InChI=1S/C23H24ClN3O2S/c1-2-27-11-5-7-17(27)14-25-22(28)16-9-10-20-19(12-16)26-23(29)21(30-20)13-15-6-3-4-8-18(15)24/h3-4,6,8-10,12-13,17H,2,5,7,11,14H2,1H3,(H,25,28)(H,26,29). The first-order valence-corrected chi connectivity index (χ1v) is 11.4. The molecule has 2 N–H and O–H groups in total. The summed E-state index contributed by atoms with van der Waals surface area (Å²) in [5.74, 6) is -0.313. The van der Waals surface area contributed by atoms with Gasteiger partial charge in [-0.2, -0.15) is 0 Å². The lowest BCUT2D eigenvalue weighted by Gasteiger charge is -2.23. The van der Waals surface area contributed by atoms with Crippen LogP contribution in [-0.4, -0.2) is 42.4 Å². The number of hydrogen-bond acceptors (Lipinski definition) is 4. The summed E-state index contributed by atoms with van der Waals surface area (Å²) < 4.78 is 0. The van der Waals surface area contributed by atoms with Gasteiger partial charge in [-0.3, -0.25) is 14.5 Å². The zero-order valence-corrected chi connectivity index (χ0v) is 18.4. The van der Waals surface area contributed by atoms with Crippen molar-refractivity contribution in [1.29, 1.82) is 0 Å². The number of nitrogens with one attached hydrogen (secondary N) is 2. The number of fused-ring (bicyclic) bond motifs is 1. The molecule has 1 saturated heterocycles. The molecule has 1 fully saturated rings. The zero-order chi connectivity index (χ0) is 21.1. The number of likely N-dealkylation sites (N-methyl/N-ethyl adjacent to an activating group) is 1. The van der Waals surface area contributed by atoms with Gasteiger partial charge >= 0.3 is 0 Å². The third kappa shape index (κ3) is 4.56. The van der Waals surface area contributed by atoms with Gasteiger partial charge in [-0.05, 0) is 61.8 Å². The third-order valence-electron chi connectivity index (χ3n) is 5.53. The number of nitrogens with zero attached hydrogens (tertiary/aromatic N) is 1. The Balaban J connectivity index is 1.46. The number of carbonyl (C=O) groups excluding carboxylic acids is 2. The van der Waals surface area contributed by atoms with E-state index >= 15 is 0 Å². The fourth-order valence-corrected chi connectivity index (χ4v) is 5.00. The van der Waals surface area contributed by atoms with Crippen LogP contribution in [-0.2, 0) is 4.79 Å². The molecule has 0 aromatic heterocycles. The monoisotopic (exact) mass is 441 g/mol. The van der Waals surface area contributed by atoms with Crippen LogP contribution in [0, 0.1) is 0 Å². The second kappa shape index (κ2) is 9.25. The Hall–Kier alpha value is -2.28. The zero-order valence-electron chi connectivity index (χ0n) is 16.8. The molecule has 0 bridgehead atoms. The minimum Gasteiger partial charge on any atom is -0.350 e. The smallest absolute Gasteiger partial charge is 0.262 e. The summed E-state index contributed by atoms with van der Waals surface area (Å²) >= 11 is 7.59. The molecule has 7 heteroatoms. The van der Waals surface area contributed by atoms with Gasteiger partial charge in [-0.25, -0.2) is 0 Å². The number of rotatable bonds is 5. The Morgan fingerprint density at radius 2 is 2.17 bits per heavy atom. The van der Waals surface area contributed by atoms with Crippen molar-refractivity contribution in [2.24, 2.45) is 0 Å². The molecule has 5 nitrogen and oxygen atoms in total. The summed E-state index contributed by atoms with van der Waals surface area (Å²) in [4.78, 5) is 29.1. The molecule has 1 unspecified atom stereocenters. The quantitative estimate of drug-likeness (QED) is 0.663. The maximum atomic E-state index is 12.6. The van der Waals surface area contributed by atoms with Gasteiger partial charge in [-0.15, -0.1) is 0 Å². The number of amides is 2. The van der Waals surface area contributed by atoms with Crippen LogP contribution in [0.25, 0.3) is 6.08 Å². The van der Waals surface area contributed by atoms with Crippen LogP contribution in [0.4, 0.5) is 5.69 Å². The Labute approximate surface area is 185 Å². The van der Waals surface area contributed by atoms with Gasteiger partial charge in [0.2, 0.25) is 0 Å². The van der Waals surface area contributed by atoms with Gasteiger partial charge in [0.1, 0.15) is 0 Å². The van der Waals surface area contributed by atoms with Crippen LogP contribution < -0.4 is 10.6 Å². The fraction of sp³-hybridized carbons (Fsp3) is 0.304. The van der Waals surface area contributed by atoms with E-state index in [1.807, 2.05) is 24.3 Å². The van der Waals surface area contributed by atoms with Gasteiger partial charge in [0.15, 0.2) is 0 Å². The van der Waals surface area contributed by atoms with Gasteiger partial charge in [0.25, 0.3) is 11.8 Å². The molecule has 2 heterocycles. The first-order valence-electron chi connectivity index (χ1n) is 10.2. The molecular formula is C23H24ClN3O2S. The second-order valence-electron chi connectivity index (χ2n) is 7.43. The molecule has 156 valence electrons. The van der Waals surface area contributed by atoms with Crippen molar-refractivity contribution >= 4 is 46.9 Å². The van der Waals surface area contributed by atoms with Crippen molar-refractivity contribution in [1.82, 2.24) is 10.2 Å². The molecule has 2 aromatic carbocycles. The molecule has 1 atom stereocenters. The lowest BCUT2D eigenvalue weighted by molar-refractivity contribution is -0.112. The lowest BCUT2D eigenvalue weighted by atomic mass is 10.1. The van der Waals surface area contributed by atoms with E-state index in [1.165, 1.54) is 18.2 Å². The van der Waals surface area contributed by atoms with Crippen molar-refractivity contribution in [3.05, 3.63) is 63.5 Å². The Kier molecular flexibility index (Phi) is 6.46. The predicted molar refractivity (Wildman–Crippen MR) is 123 cm³/mol. The second-order valence-corrected chi connectivity index (χ2v) is 8.92. The average molecular weight is 442 g/mol. The van der Waals surface area contributed by atoms with Crippen molar-refractivity contribution in [2.45, 2.75) is 30.7 Å². The summed E-state index contributed by atoms with van der Waals surface area (Å²) in [6.45, 7) is 4.91. The number of hydrogen-bond donors (Lipinski definition) is 2. The number of halogens is 1. The highest BCUT2D eigenvalue weighted by Crippen LogP contribution is 2.39. The Morgan fingerprint density at radius 3 is 2.97 bits per heavy atom. The van der Waals surface area contributed by atoms with Crippen LogP contribution >= 0.6 is 23.4 Å². The van der Waals surface area contributed by atoms with E-state index in [1.54, 1.807) is 24.3 Å². The van der Waals surface area contributed by atoms with Gasteiger partial charge in [0.05, 0.1) is 10.6 Å². The maximum absolute atomic E-state index is 12.6. The van der Waals surface area contributed by atoms with E-state index in [-0.39, 0.29) is 11.8 Å². The van der Waals surface area contributed by atoms with Gasteiger partial charge < -0.3 is 10.6 Å². The highest BCUT2D eigenvalue weighted by Gasteiger charge is 2.25. The Morgan fingerprint density at radius 1 is 1.33 bits per heavy atom. The van der Waals surface area contributed by atoms with Crippen molar-refractivity contribution < 1.29 is 9.59 Å². The number of anilines is 1. The van der Waals surface area contributed by atoms with Crippen LogP contribution in [0.15, 0.2) is 52.3 Å². The lowest BCUT2D eigenvalue weighted by Crippen LogP contribution is -2.40. The first-order chi connectivity index (χ1) is 14.5. The Bertz CT molecular complexity index is 1010. The molecule has 4 rings (SSSR count). The van der Waals surface area contributed by atoms with Crippen LogP contribution in [0.5, 0.6) is 0 Å². The number of benzene rings is 2.